The first-order chi connectivity index (χ1) is 8.22. The highest BCUT2D eigenvalue weighted by molar-refractivity contribution is 5.67. The summed E-state index contributed by atoms with van der Waals surface area (Å²) in [6, 6.07) is 0.118. The van der Waals surface area contributed by atoms with E-state index in [0.29, 0.717) is 5.92 Å². The van der Waals surface area contributed by atoms with Gasteiger partial charge in [-0.1, -0.05) is 13.8 Å². The third-order valence-electron chi connectivity index (χ3n) is 3.82. The van der Waals surface area contributed by atoms with Gasteiger partial charge in [-0.15, -0.1) is 0 Å². The van der Waals surface area contributed by atoms with Crippen molar-refractivity contribution in [1.29, 1.82) is 0 Å². The van der Waals surface area contributed by atoms with E-state index in [9.17, 15) is 4.79 Å². The average molecular weight is 256 g/mol. The molecule has 4 nitrogen and oxygen atoms in total. The molecule has 0 amide bonds. The van der Waals surface area contributed by atoms with Gasteiger partial charge in [-0.2, -0.15) is 0 Å². The Morgan fingerprint density at radius 2 is 2.06 bits per heavy atom. The Balaban J connectivity index is 2.92. The summed E-state index contributed by atoms with van der Waals surface area (Å²) in [6.07, 6.45) is 1.33. The molecule has 0 spiro atoms. The summed E-state index contributed by atoms with van der Waals surface area (Å²) in [4.78, 5) is 15.8. The summed E-state index contributed by atoms with van der Waals surface area (Å²) in [7, 11) is 2.09. The van der Waals surface area contributed by atoms with Gasteiger partial charge in [0.2, 0.25) is 0 Å². The Bertz CT molecular complexity index is 290. The number of rotatable bonds is 4. The van der Waals surface area contributed by atoms with Crippen molar-refractivity contribution in [3.63, 3.8) is 0 Å². The first-order valence-electron chi connectivity index (χ1n) is 6.89. The van der Waals surface area contributed by atoms with Crippen LogP contribution in [0, 0.1) is 5.92 Å². The van der Waals surface area contributed by atoms with Gasteiger partial charge < -0.3 is 10.0 Å². The van der Waals surface area contributed by atoms with Crippen LogP contribution in [-0.2, 0) is 4.79 Å². The van der Waals surface area contributed by atoms with E-state index in [1.165, 1.54) is 0 Å². The van der Waals surface area contributed by atoms with E-state index in [0.717, 1.165) is 26.1 Å². The van der Waals surface area contributed by atoms with E-state index in [1.54, 1.807) is 0 Å². The molecule has 1 unspecified atom stereocenters. The van der Waals surface area contributed by atoms with Crippen LogP contribution >= 0.6 is 0 Å². The van der Waals surface area contributed by atoms with Crippen LogP contribution in [0.15, 0.2) is 0 Å². The molecule has 0 aromatic carbocycles. The lowest BCUT2D eigenvalue weighted by atomic mass is 9.94. The highest BCUT2D eigenvalue weighted by Gasteiger charge is 2.37. The predicted molar refractivity (Wildman–Crippen MR) is 73.8 cm³/mol. The molecular formula is C14H28N2O2. The highest BCUT2D eigenvalue weighted by Crippen LogP contribution is 2.28. The molecule has 0 aromatic heterocycles. The van der Waals surface area contributed by atoms with E-state index in [1.807, 2.05) is 0 Å². The first kappa shape index (κ1) is 15.4. The quantitative estimate of drug-likeness (QED) is 0.834. The van der Waals surface area contributed by atoms with Crippen LogP contribution in [0.3, 0.4) is 0 Å². The molecule has 1 atom stereocenters. The smallest absolute Gasteiger partial charge is 0.304 e. The number of hydrogen-bond acceptors (Lipinski definition) is 3. The standard InChI is InChI=1S/C14H28N2O2/c1-11(2)9-16-12(8-13(17)18)10-15(5)7-6-14(16,3)4/h11-12H,6-10H2,1-5H3,(H,17,18). The Labute approximate surface area is 111 Å². The van der Waals surface area contributed by atoms with E-state index < -0.39 is 5.97 Å². The number of carbonyl (C=O) groups is 1. The number of hydrogen-bond donors (Lipinski definition) is 1. The third-order valence-corrected chi connectivity index (χ3v) is 3.82. The van der Waals surface area contributed by atoms with Crippen molar-refractivity contribution in [1.82, 2.24) is 9.80 Å². The molecule has 1 saturated heterocycles. The van der Waals surface area contributed by atoms with Gasteiger partial charge in [0.25, 0.3) is 0 Å². The normalized spacial score (nSPS) is 26.2. The lowest BCUT2D eigenvalue weighted by Crippen LogP contribution is -2.52. The minimum Gasteiger partial charge on any atom is -0.481 e. The van der Waals surface area contributed by atoms with Gasteiger partial charge in [-0.05, 0) is 39.8 Å². The van der Waals surface area contributed by atoms with Gasteiger partial charge in [0.05, 0.1) is 6.42 Å². The number of nitrogens with zero attached hydrogens (tertiary/aromatic N) is 2. The monoisotopic (exact) mass is 256 g/mol. The summed E-state index contributed by atoms with van der Waals surface area (Å²) in [6.45, 7) is 11.7. The van der Waals surface area contributed by atoms with Crippen LogP contribution in [-0.4, -0.2) is 59.1 Å². The molecule has 1 N–H and O–H groups in total. The summed E-state index contributed by atoms with van der Waals surface area (Å²) in [5.74, 6) is -0.135. The van der Waals surface area contributed by atoms with Crippen molar-refractivity contribution >= 4 is 5.97 Å². The zero-order valence-electron chi connectivity index (χ0n) is 12.4. The number of likely N-dealkylation sites (N-methyl/N-ethyl adjacent to an activating group) is 1. The molecule has 4 heteroatoms. The summed E-state index contributed by atoms with van der Waals surface area (Å²) in [5, 5.41) is 9.12. The third kappa shape index (κ3) is 4.25. The molecule has 18 heavy (non-hydrogen) atoms. The summed E-state index contributed by atoms with van der Waals surface area (Å²) >= 11 is 0. The molecule has 0 radical (unpaired) electrons. The Morgan fingerprint density at radius 1 is 1.44 bits per heavy atom. The number of carboxylic acids is 1. The van der Waals surface area contributed by atoms with Crippen molar-refractivity contribution in [3.8, 4) is 0 Å². The fourth-order valence-electron chi connectivity index (χ4n) is 2.82. The topological polar surface area (TPSA) is 43.8 Å². The van der Waals surface area contributed by atoms with Gasteiger partial charge in [0, 0.05) is 24.7 Å². The number of carboxylic acid groups (broad SMARTS) is 1. The second-order valence-electron chi connectivity index (χ2n) is 6.62. The van der Waals surface area contributed by atoms with E-state index >= 15 is 0 Å². The first-order valence-corrected chi connectivity index (χ1v) is 6.89. The van der Waals surface area contributed by atoms with Crippen molar-refractivity contribution in [2.24, 2.45) is 5.92 Å². The molecular weight excluding hydrogens is 228 g/mol. The maximum absolute atomic E-state index is 11.1. The second kappa shape index (κ2) is 6.02. The molecule has 0 aromatic rings. The molecule has 1 aliphatic rings. The van der Waals surface area contributed by atoms with E-state index in [2.05, 4.69) is 44.5 Å². The maximum atomic E-state index is 11.1. The lowest BCUT2D eigenvalue weighted by molar-refractivity contribution is -0.139. The molecule has 0 bridgehead atoms. The lowest BCUT2D eigenvalue weighted by Gasteiger charge is -2.42. The SMILES string of the molecule is CC(C)CN1C(CC(=O)O)CN(C)CCC1(C)C. The molecule has 0 aliphatic carbocycles. The second-order valence-corrected chi connectivity index (χ2v) is 6.62. The van der Waals surface area contributed by atoms with E-state index in [4.69, 9.17) is 5.11 Å². The molecule has 1 aliphatic heterocycles. The summed E-state index contributed by atoms with van der Waals surface area (Å²) < 4.78 is 0. The Hall–Kier alpha value is -0.610. The van der Waals surface area contributed by atoms with Crippen LogP contribution in [0.1, 0.15) is 40.5 Å². The van der Waals surface area contributed by atoms with Crippen molar-refractivity contribution in [2.45, 2.75) is 52.1 Å². The van der Waals surface area contributed by atoms with Gasteiger partial charge in [0.15, 0.2) is 0 Å². The molecule has 106 valence electrons. The van der Waals surface area contributed by atoms with E-state index in [-0.39, 0.29) is 18.0 Å². The Kier molecular flexibility index (Phi) is 5.17. The van der Waals surface area contributed by atoms with Gasteiger partial charge in [-0.3, -0.25) is 9.69 Å². The zero-order chi connectivity index (χ0) is 13.9. The van der Waals surface area contributed by atoms with Crippen LogP contribution in [0.4, 0.5) is 0 Å². The predicted octanol–water partition coefficient (Wildman–Crippen LogP) is 1.90. The van der Waals surface area contributed by atoms with Gasteiger partial charge in [-0.25, -0.2) is 0 Å². The Morgan fingerprint density at radius 3 is 2.56 bits per heavy atom. The van der Waals surface area contributed by atoms with Crippen LogP contribution in [0.5, 0.6) is 0 Å². The minimum absolute atomic E-state index is 0.0785. The highest BCUT2D eigenvalue weighted by atomic mass is 16.4. The van der Waals surface area contributed by atoms with Crippen LogP contribution in [0.25, 0.3) is 0 Å². The maximum Gasteiger partial charge on any atom is 0.304 e. The number of aliphatic carboxylic acids is 1. The van der Waals surface area contributed by atoms with Crippen LogP contribution < -0.4 is 0 Å². The summed E-state index contributed by atoms with van der Waals surface area (Å²) in [5.41, 5.74) is 0.0785. The average Bonchev–Trinajstić information content (AvgIpc) is 2.29. The van der Waals surface area contributed by atoms with Crippen molar-refractivity contribution in [3.05, 3.63) is 0 Å². The fraction of sp³-hybridized carbons (Fsp3) is 0.929. The zero-order valence-corrected chi connectivity index (χ0v) is 12.4. The largest absolute Gasteiger partial charge is 0.481 e. The molecule has 0 saturated carbocycles. The fourth-order valence-corrected chi connectivity index (χ4v) is 2.82. The van der Waals surface area contributed by atoms with Crippen molar-refractivity contribution in [2.75, 3.05) is 26.7 Å². The van der Waals surface area contributed by atoms with Crippen molar-refractivity contribution < 1.29 is 9.90 Å². The van der Waals surface area contributed by atoms with Gasteiger partial charge >= 0.3 is 5.97 Å². The molecule has 1 heterocycles. The molecule has 1 rings (SSSR count). The molecule has 1 fully saturated rings. The minimum atomic E-state index is -0.695. The van der Waals surface area contributed by atoms with Crippen LogP contribution in [0.2, 0.25) is 0 Å². The van der Waals surface area contributed by atoms with Gasteiger partial charge in [0.1, 0.15) is 0 Å².